The summed E-state index contributed by atoms with van der Waals surface area (Å²) in [6.45, 7) is 5.18. The second-order valence-corrected chi connectivity index (χ2v) is 6.86. The first kappa shape index (κ1) is 17.1. The van der Waals surface area contributed by atoms with Gasteiger partial charge in [-0.05, 0) is 41.5 Å². The van der Waals surface area contributed by atoms with Gasteiger partial charge in [-0.2, -0.15) is 0 Å². The number of benzene rings is 2. The molecule has 1 saturated heterocycles. The minimum Gasteiger partial charge on any atom is -0.297 e. The zero-order valence-electron chi connectivity index (χ0n) is 14.5. The van der Waals surface area contributed by atoms with Gasteiger partial charge < -0.3 is 0 Å². The molecule has 0 unspecified atom stereocenters. The number of pyridine rings is 1. The summed E-state index contributed by atoms with van der Waals surface area (Å²) >= 11 is 0. The third kappa shape index (κ3) is 4.06. The van der Waals surface area contributed by atoms with Gasteiger partial charge in [-0.25, -0.2) is 8.78 Å². The minimum atomic E-state index is -0.510. The molecule has 26 heavy (non-hydrogen) atoms. The van der Waals surface area contributed by atoms with Gasteiger partial charge in [0.05, 0.1) is 5.52 Å². The van der Waals surface area contributed by atoms with E-state index in [-0.39, 0.29) is 0 Å². The first-order valence-corrected chi connectivity index (χ1v) is 8.89. The van der Waals surface area contributed by atoms with Gasteiger partial charge in [-0.15, -0.1) is 0 Å². The summed E-state index contributed by atoms with van der Waals surface area (Å²) in [5.74, 6) is -1.02. The van der Waals surface area contributed by atoms with E-state index in [1.165, 1.54) is 17.7 Å². The van der Waals surface area contributed by atoms with E-state index in [1.54, 1.807) is 0 Å². The van der Waals surface area contributed by atoms with Crippen molar-refractivity contribution in [3.05, 3.63) is 77.5 Å². The number of hydrogen-bond donors (Lipinski definition) is 0. The van der Waals surface area contributed by atoms with Crippen LogP contribution in [0.2, 0.25) is 0 Å². The first-order valence-electron chi connectivity index (χ1n) is 8.89. The molecular weight excluding hydrogens is 332 g/mol. The molecule has 1 aliphatic rings. The van der Waals surface area contributed by atoms with Crippen LogP contribution in [0.5, 0.6) is 0 Å². The van der Waals surface area contributed by atoms with Crippen LogP contribution in [0, 0.1) is 11.6 Å². The topological polar surface area (TPSA) is 19.4 Å². The maximum absolute atomic E-state index is 13.3. The van der Waals surface area contributed by atoms with E-state index in [9.17, 15) is 8.78 Å². The fourth-order valence-corrected chi connectivity index (χ4v) is 3.55. The standard InChI is InChI=1S/C21H21F2N3/c22-19-11-17(12-20(23)13-19)15-26-8-6-25(7-9-26)14-16-3-4-21-18(10-16)2-1-5-24-21/h1-5,10-13H,6-9,14-15H2. The maximum Gasteiger partial charge on any atom is 0.126 e. The number of rotatable bonds is 4. The molecule has 4 rings (SSSR count). The number of halogens is 2. The largest absolute Gasteiger partial charge is 0.297 e. The Morgan fingerprint density at radius 3 is 2.12 bits per heavy atom. The molecule has 1 fully saturated rings. The summed E-state index contributed by atoms with van der Waals surface area (Å²) in [4.78, 5) is 9.02. The van der Waals surface area contributed by atoms with Crippen molar-refractivity contribution in [2.24, 2.45) is 0 Å². The van der Waals surface area contributed by atoms with E-state index in [1.807, 2.05) is 12.3 Å². The zero-order valence-corrected chi connectivity index (χ0v) is 14.5. The zero-order chi connectivity index (χ0) is 17.9. The lowest BCUT2D eigenvalue weighted by atomic mass is 10.1. The Morgan fingerprint density at radius 2 is 1.42 bits per heavy atom. The molecule has 2 heterocycles. The van der Waals surface area contributed by atoms with Crippen LogP contribution in [0.3, 0.4) is 0 Å². The minimum absolute atomic E-state index is 0.510. The second kappa shape index (κ2) is 7.48. The monoisotopic (exact) mass is 353 g/mol. The van der Waals surface area contributed by atoms with E-state index in [0.29, 0.717) is 12.1 Å². The molecule has 0 saturated carbocycles. The quantitative estimate of drug-likeness (QED) is 0.711. The predicted molar refractivity (Wildman–Crippen MR) is 98.7 cm³/mol. The lowest BCUT2D eigenvalue weighted by molar-refractivity contribution is 0.122. The van der Waals surface area contributed by atoms with Crippen molar-refractivity contribution in [1.29, 1.82) is 0 Å². The van der Waals surface area contributed by atoms with Crippen LogP contribution >= 0.6 is 0 Å². The average Bonchev–Trinajstić information content (AvgIpc) is 2.62. The smallest absolute Gasteiger partial charge is 0.126 e. The Kier molecular flexibility index (Phi) is 4.91. The van der Waals surface area contributed by atoms with E-state index >= 15 is 0 Å². The van der Waals surface area contributed by atoms with Crippen LogP contribution in [0.1, 0.15) is 11.1 Å². The summed E-state index contributed by atoms with van der Waals surface area (Å²) in [7, 11) is 0. The Hall–Kier alpha value is -2.37. The van der Waals surface area contributed by atoms with E-state index in [2.05, 4.69) is 39.0 Å². The Morgan fingerprint density at radius 1 is 0.769 bits per heavy atom. The van der Waals surface area contributed by atoms with E-state index in [4.69, 9.17) is 0 Å². The molecule has 0 N–H and O–H groups in total. The second-order valence-electron chi connectivity index (χ2n) is 6.86. The lowest BCUT2D eigenvalue weighted by Crippen LogP contribution is -2.45. The summed E-state index contributed by atoms with van der Waals surface area (Å²) in [6, 6.07) is 14.2. The molecular formula is C21H21F2N3. The van der Waals surface area contributed by atoms with E-state index < -0.39 is 11.6 Å². The molecule has 2 aromatic carbocycles. The van der Waals surface area contributed by atoms with Crippen molar-refractivity contribution in [2.75, 3.05) is 26.2 Å². The lowest BCUT2D eigenvalue weighted by Gasteiger charge is -2.34. The van der Waals surface area contributed by atoms with Crippen molar-refractivity contribution in [3.8, 4) is 0 Å². The molecule has 1 aliphatic heterocycles. The predicted octanol–water partition coefficient (Wildman–Crippen LogP) is 3.83. The SMILES string of the molecule is Fc1cc(F)cc(CN2CCN(Cc3ccc4ncccc4c3)CC2)c1. The van der Waals surface area contributed by atoms with Gasteiger partial charge in [0.2, 0.25) is 0 Å². The average molecular weight is 353 g/mol. The van der Waals surface area contributed by atoms with Crippen molar-refractivity contribution in [2.45, 2.75) is 13.1 Å². The highest BCUT2D eigenvalue weighted by Gasteiger charge is 2.17. The molecule has 3 nitrogen and oxygen atoms in total. The molecule has 134 valence electrons. The van der Waals surface area contributed by atoms with Crippen LogP contribution in [0.4, 0.5) is 8.78 Å². The highest BCUT2D eigenvalue weighted by molar-refractivity contribution is 5.78. The fourth-order valence-electron chi connectivity index (χ4n) is 3.55. The summed E-state index contributed by atoms with van der Waals surface area (Å²) in [5.41, 5.74) is 2.99. The Bertz CT molecular complexity index is 884. The van der Waals surface area contributed by atoms with Gasteiger partial charge in [0.15, 0.2) is 0 Å². The van der Waals surface area contributed by atoms with Crippen LogP contribution in [-0.2, 0) is 13.1 Å². The number of hydrogen-bond acceptors (Lipinski definition) is 3. The van der Waals surface area contributed by atoms with Gasteiger partial charge in [-0.3, -0.25) is 14.8 Å². The molecule has 1 aromatic heterocycles. The van der Waals surface area contributed by atoms with Crippen LogP contribution < -0.4 is 0 Å². The first-order chi connectivity index (χ1) is 12.7. The van der Waals surface area contributed by atoms with Crippen molar-refractivity contribution < 1.29 is 8.78 Å². The van der Waals surface area contributed by atoms with Gasteiger partial charge in [0.25, 0.3) is 0 Å². The Balaban J connectivity index is 1.34. The molecule has 0 amide bonds. The van der Waals surface area contributed by atoms with Crippen molar-refractivity contribution >= 4 is 10.9 Å². The van der Waals surface area contributed by atoms with Crippen LogP contribution in [0.15, 0.2) is 54.7 Å². The molecule has 5 heteroatoms. The van der Waals surface area contributed by atoms with Crippen LogP contribution in [-0.4, -0.2) is 41.0 Å². The summed E-state index contributed by atoms with van der Waals surface area (Å²) in [6.07, 6.45) is 1.81. The van der Waals surface area contributed by atoms with Crippen LogP contribution in [0.25, 0.3) is 10.9 Å². The third-order valence-corrected chi connectivity index (χ3v) is 4.87. The summed E-state index contributed by atoms with van der Waals surface area (Å²) in [5, 5.41) is 1.16. The summed E-state index contributed by atoms with van der Waals surface area (Å²) < 4.78 is 26.7. The number of aromatic nitrogens is 1. The number of fused-ring (bicyclic) bond motifs is 1. The molecule has 0 aliphatic carbocycles. The molecule has 0 bridgehead atoms. The fraction of sp³-hybridized carbons (Fsp3) is 0.286. The highest BCUT2D eigenvalue weighted by atomic mass is 19.1. The highest BCUT2D eigenvalue weighted by Crippen LogP contribution is 2.17. The molecule has 0 spiro atoms. The Labute approximate surface area is 151 Å². The van der Waals surface area contributed by atoms with Gasteiger partial charge in [-0.1, -0.05) is 12.1 Å². The van der Waals surface area contributed by atoms with Gasteiger partial charge in [0.1, 0.15) is 11.6 Å². The molecule has 0 atom stereocenters. The van der Waals surface area contributed by atoms with Crippen molar-refractivity contribution in [1.82, 2.24) is 14.8 Å². The maximum atomic E-state index is 13.3. The number of piperazine rings is 1. The van der Waals surface area contributed by atoms with Gasteiger partial charge >= 0.3 is 0 Å². The third-order valence-electron chi connectivity index (χ3n) is 4.87. The number of nitrogens with zero attached hydrogens (tertiary/aromatic N) is 3. The van der Waals surface area contributed by atoms with E-state index in [0.717, 1.165) is 49.7 Å². The normalized spacial score (nSPS) is 16.2. The van der Waals surface area contributed by atoms with Gasteiger partial charge in [0, 0.05) is 56.9 Å². The molecule has 0 radical (unpaired) electrons. The molecule has 3 aromatic rings. The van der Waals surface area contributed by atoms with Crippen molar-refractivity contribution in [3.63, 3.8) is 0 Å².